The number of hydrogen-bond donors (Lipinski definition) is 0. The molecule has 0 bridgehead atoms. The molecule has 0 unspecified atom stereocenters. The monoisotopic (exact) mass is 1740 g/mol. The molecular weight excluding hydrogens is 1670 g/mol. The van der Waals surface area contributed by atoms with Crippen LogP contribution in [0.25, 0.3) is 276 Å². The number of thiophene rings is 3. The van der Waals surface area contributed by atoms with E-state index in [2.05, 4.69) is 393 Å². The van der Waals surface area contributed by atoms with E-state index >= 15 is 0 Å². The fourth-order valence-corrected chi connectivity index (χ4v) is 23.6. The van der Waals surface area contributed by atoms with Crippen molar-refractivity contribution in [1.82, 2.24) is 34.5 Å². The van der Waals surface area contributed by atoms with Crippen LogP contribution in [0.2, 0.25) is 0 Å². The Morgan fingerprint density at radius 3 is 1.27 bits per heavy atom. The van der Waals surface area contributed by atoms with Gasteiger partial charge in [-0.3, -0.25) is 0 Å². The van der Waals surface area contributed by atoms with E-state index in [4.69, 9.17) is 38.7 Å². The lowest BCUT2D eigenvalue weighted by atomic mass is 9.99. The molecule has 0 saturated carbocycles. The number of benzene rings is 20. The zero-order chi connectivity index (χ0) is 86.6. The van der Waals surface area contributed by atoms with Gasteiger partial charge in [0, 0.05) is 142 Å². The predicted octanol–water partition coefficient (Wildman–Crippen LogP) is 34.0. The molecule has 9 aromatic heterocycles. The van der Waals surface area contributed by atoms with Crippen LogP contribution in [0.3, 0.4) is 0 Å². The van der Waals surface area contributed by atoms with Crippen molar-refractivity contribution in [2.24, 2.45) is 0 Å². The first-order valence-electron chi connectivity index (χ1n) is 44.3. The second-order valence-electron chi connectivity index (χ2n) is 33.7. The van der Waals surface area contributed by atoms with E-state index in [0.717, 1.165) is 155 Å². The molecule has 12 heteroatoms. The highest BCUT2D eigenvalue weighted by molar-refractivity contribution is 7.27. The molecule has 9 heterocycles. The van der Waals surface area contributed by atoms with E-state index in [1.54, 1.807) is 0 Å². The maximum absolute atomic E-state index is 6.54. The van der Waals surface area contributed by atoms with Crippen LogP contribution in [0.4, 0.5) is 0 Å². The molecule has 0 aliphatic carbocycles. The van der Waals surface area contributed by atoms with Gasteiger partial charge in [-0.1, -0.05) is 303 Å². The molecule has 0 atom stereocenters. The number of furan rings is 2. The number of para-hydroxylation sites is 4. The second kappa shape index (κ2) is 30.5. The zero-order valence-electron chi connectivity index (χ0n) is 70.5. The Morgan fingerprint density at radius 2 is 0.629 bits per heavy atom. The van der Waals surface area contributed by atoms with Crippen molar-refractivity contribution in [3.63, 3.8) is 0 Å². The number of aromatic nitrogens is 7. The molecule has 20 aromatic carbocycles. The maximum atomic E-state index is 6.54. The molecule has 0 spiro atoms. The van der Waals surface area contributed by atoms with Gasteiger partial charge in [0.05, 0.1) is 55.6 Å². The molecule has 614 valence electrons. The zero-order valence-corrected chi connectivity index (χ0v) is 73.0. The van der Waals surface area contributed by atoms with Crippen LogP contribution in [0.1, 0.15) is 0 Å². The molecule has 29 rings (SSSR count). The van der Waals surface area contributed by atoms with Crippen molar-refractivity contribution < 1.29 is 8.83 Å². The summed E-state index contributed by atoms with van der Waals surface area (Å²) in [6.45, 7) is 0. The average molecular weight is 1740 g/mol. The van der Waals surface area contributed by atoms with Crippen molar-refractivity contribution in [1.29, 1.82) is 0 Å². The molecule has 0 amide bonds. The third-order valence-electron chi connectivity index (χ3n) is 26.1. The van der Waals surface area contributed by atoms with Gasteiger partial charge in [-0.2, -0.15) is 0 Å². The summed E-state index contributed by atoms with van der Waals surface area (Å²) in [6, 6.07) is 148. The molecule has 132 heavy (non-hydrogen) atoms. The Morgan fingerprint density at radius 1 is 0.205 bits per heavy atom. The summed E-state index contributed by atoms with van der Waals surface area (Å²) in [4.78, 5) is 31.8. The fourth-order valence-electron chi connectivity index (χ4n) is 20.0. The number of nitrogens with zero attached hydrogens (tertiary/aromatic N) is 7. The van der Waals surface area contributed by atoms with Gasteiger partial charge < -0.3 is 13.4 Å². The predicted molar refractivity (Wildman–Crippen MR) is 557 cm³/mol. The van der Waals surface area contributed by atoms with Crippen LogP contribution in [0.5, 0.6) is 0 Å². The lowest BCUT2D eigenvalue weighted by molar-refractivity contribution is 0.669. The minimum absolute atomic E-state index is 0.670. The van der Waals surface area contributed by atoms with E-state index < -0.39 is 0 Å². The highest BCUT2D eigenvalue weighted by Crippen LogP contribution is 2.49. The van der Waals surface area contributed by atoms with E-state index in [1.165, 1.54) is 109 Å². The van der Waals surface area contributed by atoms with Crippen molar-refractivity contribution >= 4 is 225 Å². The first kappa shape index (κ1) is 75.4. The van der Waals surface area contributed by atoms with Crippen LogP contribution in [0.15, 0.2) is 427 Å². The first-order valence-corrected chi connectivity index (χ1v) is 46.7. The van der Waals surface area contributed by atoms with Crippen LogP contribution in [-0.4, -0.2) is 34.5 Å². The summed E-state index contributed by atoms with van der Waals surface area (Å²) in [5.41, 5.74) is 20.9. The molecule has 0 aliphatic heterocycles. The van der Waals surface area contributed by atoms with E-state index in [9.17, 15) is 0 Å². The normalized spacial score (nSPS) is 11.9. The number of hydrogen-bond acceptors (Lipinski definition) is 11. The summed E-state index contributed by atoms with van der Waals surface area (Å²) >= 11 is 5.53. The summed E-state index contributed by atoms with van der Waals surface area (Å²) in [6.07, 6.45) is 0. The Bertz CT molecular complexity index is 9830. The third kappa shape index (κ3) is 12.3. The van der Waals surface area contributed by atoms with Crippen molar-refractivity contribution in [3.8, 4) is 84.7 Å². The standard InChI is InChI=1S/C42H25N3S.C42H24N2OS.C36H20N2OS/c1-3-12-27(13-4-1)39-33-22-24-37-38(32-21-19-26-11-7-8-16-30(26)41(32)46-37)40(33)44-42(43-39)28-20-23-36-34(25-28)31-17-9-10-18-35(31)45(36)29-14-5-2-6-15-29;1-2-10-26(11-3-1)39-33-20-21-35-38(32-19-17-25-9-4-5-14-30(25)41(32)45-35)40(33)44-42(43-39)29-13-8-12-27(23-29)28-18-22-37-34(24-28)31-15-6-7-16-36(31)46-37;1-2-10-22(11-3-1)32-27-19-20-30-31(26-18-17-21-9-4-5-12-23(21)35(26)40-30)33(27)38-36(37-32)28-15-8-14-25-24-13-6-7-16-29(24)39-34(25)28/h1-25H;1-24H;1-20H. The Labute approximate surface area is 766 Å². The van der Waals surface area contributed by atoms with Crippen molar-refractivity contribution in [3.05, 3.63) is 419 Å². The molecule has 0 fully saturated rings. The molecule has 9 nitrogen and oxygen atoms in total. The summed E-state index contributed by atoms with van der Waals surface area (Å²) in [5, 5.41) is 24.6. The third-order valence-corrected chi connectivity index (χ3v) is 29.7. The minimum atomic E-state index is 0.670. The van der Waals surface area contributed by atoms with Crippen LogP contribution in [-0.2, 0) is 0 Å². The van der Waals surface area contributed by atoms with Gasteiger partial charge in [0.25, 0.3) is 0 Å². The van der Waals surface area contributed by atoms with E-state index in [1.807, 2.05) is 64.3 Å². The number of rotatable bonds is 8. The van der Waals surface area contributed by atoms with Crippen LogP contribution in [0, 0.1) is 0 Å². The van der Waals surface area contributed by atoms with Gasteiger partial charge in [-0.15, -0.1) is 34.0 Å². The lowest BCUT2D eigenvalue weighted by Gasteiger charge is -2.11. The molecule has 0 aliphatic rings. The molecule has 29 aromatic rings. The Kier molecular flexibility index (Phi) is 17.4. The van der Waals surface area contributed by atoms with E-state index in [-0.39, 0.29) is 0 Å². The van der Waals surface area contributed by atoms with Gasteiger partial charge in [0.1, 0.15) is 22.3 Å². The summed E-state index contributed by atoms with van der Waals surface area (Å²) in [7, 11) is 0. The Hall–Kier alpha value is -16.7. The van der Waals surface area contributed by atoms with Gasteiger partial charge in [0.15, 0.2) is 17.5 Å². The lowest BCUT2D eigenvalue weighted by Crippen LogP contribution is -1.96. The molecule has 0 saturated heterocycles. The summed E-state index contributed by atoms with van der Waals surface area (Å²) < 4.78 is 23.0. The average Bonchev–Trinajstić information content (AvgIpc) is 1.55. The topological polar surface area (TPSA) is 109 Å². The SMILES string of the molecule is c1ccc(-c2nc(-c3ccc4c(c3)c3ccccc3n4-c3ccccc3)nc3c2ccc2sc4c5ccccc5ccc4c23)cc1.c1ccc(-c2nc(-c3cccc(-c4ccc5sc6ccccc6c5c4)c3)nc3c2ccc2oc4c5ccccc5ccc4c23)cc1.c1ccc(-c2nc(-c3cccc4c3oc3ccccc34)nc3c2ccc2sc4c5ccccc5ccc4c23)cc1. The fraction of sp³-hybridized carbons (Fsp3) is 0. The maximum Gasteiger partial charge on any atom is 0.164 e. The largest absolute Gasteiger partial charge is 0.455 e. The van der Waals surface area contributed by atoms with Crippen LogP contribution >= 0.6 is 34.0 Å². The summed E-state index contributed by atoms with van der Waals surface area (Å²) in [5.74, 6) is 2.10. The van der Waals surface area contributed by atoms with Gasteiger partial charge in [0.2, 0.25) is 0 Å². The van der Waals surface area contributed by atoms with Gasteiger partial charge >= 0.3 is 0 Å². The quantitative estimate of drug-likeness (QED) is 0.148. The minimum Gasteiger partial charge on any atom is -0.455 e. The first-order chi connectivity index (χ1) is 65.4. The van der Waals surface area contributed by atoms with Gasteiger partial charge in [-0.25, -0.2) is 29.9 Å². The highest BCUT2D eigenvalue weighted by Gasteiger charge is 2.26. The molecular formula is C120H69N7O2S3. The van der Waals surface area contributed by atoms with Gasteiger partial charge in [-0.05, 0) is 153 Å². The second-order valence-corrected chi connectivity index (χ2v) is 36.9. The smallest absolute Gasteiger partial charge is 0.164 e. The molecule has 0 N–H and O–H groups in total. The van der Waals surface area contributed by atoms with Crippen molar-refractivity contribution in [2.75, 3.05) is 0 Å². The van der Waals surface area contributed by atoms with E-state index in [0.29, 0.717) is 11.6 Å². The Balaban J connectivity index is 0.000000102. The molecule has 0 radical (unpaired) electrons. The van der Waals surface area contributed by atoms with Crippen LogP contribution < -0.4 is 0 Å². The number of fused-ring (bicyclic) bond motifs is 30. The van der Waals surface area contributed by atoms with Crippen molar-refractivity contribution in [2.45, 2.75) is 0 Å². The highest BCUT2D eigenvalue weighted by atomic mass is 32.1.